The van der Waals surface area contributed by atoms with E-state index in [2.05, 4.69) is 20.5 Å². The Morgan fingerprint density at radius 3 is 3.05 bits per heavy atom. The number of nitrogens with zero attached hydrogens (tertiary/aromatic N) is 3. The van der Waals surface area contributed by atoms with Gasteiger partial charge in [0.05, 0.1) is 0 Å². The molecule has 96 valence electrons. The summed E-state index contributed by atoms with van der Waals surface area (Å²) in [5.74, 6) is 0.807. The van der Waals surface area contributed by atoms with Gasteiger partial charge in [-0.1, -0.05) is 18.2 Å². The van der Waals surface area contributed by atoms with Gasteiger partial charge in [-0.25, -0.2) is 19.3 Å². The largest absolute Gasteiger partial charge is 0.508 e. The number of nitrogens with one attached hydrogen (secondary N) is 2. The number of phenolic OH excluding ortho intramolecular Hbond substituents is 1. The number of fused-ring (bicyclic) bond motifs is 1. The molecule has 0 atom stereocenters. The fourth-order valence-corrected chi connectivity index (χ4v) is 1.75. The van der Waals surface area contributed by atoms with E-state index in [1.54, 1.807) is 18.2 Å². The van der Waals surface area contributed by atoms with E-state index in [0.717, 1.165) is 5.56 Å². The van der Waals surface area contributed by atoms with E-state index >= 15 is 0 Å². The van der Waals surface area contributed by atoms with Gasteiger partial charge in [0.25, 0.3) is 0 Å². The number of anilines is 1. The minimum Gasteiger partial charge on any atom is -0.508 e. The van der Waals surface area contributed by atoms with Gasteiger partial charge in [-0.05, 0) is 6.07 Å². The van der Waals surface area contributed by atoms with E-state index in [0.29, 0.717) is 18.0 Å². The number of para-hydroxylation sites is 1. The number of aromatic nitrogens is 4. The lowest BCUT2D eigenvalue weighted by Gasteiger charge is -2.06. The number of aromatic amines is 1. The summed E-state index contributed by atoms with van der Waals surface area (Å²) >= 11 is 0. The van der Waals surface area contributed by atoms with Crippen molar-refractivity contribution in [2.75, 3.05) is 5.32 Å². The molecular formula is C12H11N5O2. The molecule has 0 spiro atoms. The third kappa shape index (κ3) is 2.13. The van der Waals surface area contributed by atoms with Crippen LogP contribution in [0.5, 0.6) is 5.75 Å². The molecule has 3 aromatic rings. The van der Waals surface area contributed by atoms with Crippen LogP contribution in [0.2, 0.25) is 0 Å². The lowest BCUT2D eigenvalue weighted by molar-refractivity contribution is 0.469. The van der Waals surface area contributed by atoms with Gasteiger partial charge in [-0.3, -0.25) is 0 Å². The first-order chi connectivity index (χ1) is 9.24. The Morgan fingerprint density at radius 2 is 2.21 bits per heavy atom. The quantitative estimate of drug-likeness (QED) is 0.643. The van der Waals surface area contributed by atoms with Crippen molar-refractivity contribution in [3.63, 3.8) is 0 Å². The van der Waals surface area contributed by atoms with Crippen LogP contribution in [-0.2, 0) is 6.54 Å². The topological polar surface area (TPSA) is 95.3 Å². The summed E-state index contributed by atoms with van der Waals surface area (Å²) in [6.45, 7) is 0.435. The van der Waals surface area contributed by atoms with Crippen molar-refractivity contribution in [3.05, 3.63) is 52.7 Å². The molecular weight excluding hydrogens is 246 g/mol. The number of rotatable bonds is 3. The molecule has 0 unspecified atom stereocenters. The molecule has 0 aliphatic carbocycles. The highest BCUT2D eigenvalue weighted by Crippen LogP contribution is 2.16. The Kier molecular flexibility index (Phi) is 2.64. The first kappa shape index (κ1) is 11.3. The second-order valence-corrected chi connectivity index (χ2v) is 4.01. The van der Waals surface area contributed by atoms with Gasteiger partial charge in [0.15, 0.2) is 5.65 Å². The van der Waals surface area contributed by atoms with Gasteiger partial charge in [0, 0.05) is 18.2 Å². The summed E-state index contributed by atoms with van der Waals surface area (Å²) in [5.41, 5.74) is 0.929. The first-order valence-corrected chi connectivity index (χ1v) is 5.67. The summed E-state index contributed by atoms with van der Waals surface area (Å²) in [5, 5.41) is 18.9. The molecule has 0 fully saturated rings. The SMILES string of the molecule is O=c1[nH]nc2cc(NCc3ccccc3O)ncn12. The van der Waals surface area contributed by atoms with Crippen molar-refractivity contribution >= 4 is 11.5 Å². The van der Waals surface area contributed by atoms with Gasteiger partial charge in [0.2, 0.25) is 0 Å². The van der Waals surface area contributed by atoms with Crippen molar-refractivity contribution in [1.82, 2.24) is 19.6 Å². The van der Waals surface area contributed by atoms with Crippen LogP contribution in [0, 0.1) is 0 Å². The van der Waals surface area contributed by atoms with Crippen LogP contribution in [0.25, 0.3) is 5.65 Å². The Labute approximate surface area is 107 Å². The number of hydrogen-bond donors (Lipinski definition) is 3. The molecule has 0 aliphatic heterocycles. The van der Waals surface area contributed by atoms with Crippen molar-refractivity contribution in [3.8, 4) is 5.75 Å². The van der Waals surface area contributed by atoms with Gasteiger partial charge in [0.1, 0.15) is 17.9 Å². The average Bonchev–Trinajstić information content (AvgIpc) is 2.79. The predicted octanol–water partition coefficient (Wildman–Crippen LogP) is 0.735. The monoisotopic (exact) mass is 257 g/mol. The molecule has 19 heavy (non-hydrogen) atoms. The van der Waals surface area contributed by atoms with Crippen molar-refractivity contribution in [1.29, 1.82) is 0 Å². The Bertz CT molecular complexity index is 777. The maximum Gasteiger partial charge on any atom is 0.348 e. The molecule has 3 rings (SSSR count). The highest BCUT2D eigenvalue weighted by atomic mass is 16.3. The van der Waals surface area contributed by atoms with Crippen LogP contribution in [0.1, 0.15) is 5.56 Å². The fraction of sp³-hybridized carbons (Fsp3) is 0.0833. The second kappa shape index (κ2) is 4.45. The van der Waals surface area contributed by atoms with E-state index in [-0.39, 0.29) is 11.4 Å². The van der Waals surface area contributed by atoms with Gasteiger partial charge >= 0.3 is 5.69 Å². The molecule has 0 aliphatic rings. The van der Waals surface area contributed by atoms with Crippen molar-refractivity contribution < 1.29 is 5.11 Å². The van der Waals surface area contributed by atoms with Crippen molar-refractivity contribution in [2.24, 2.45) is 0 Å². The maximum atomic E-state index is 11.3. The first-order valence-electron chi connectivity index (χ1n) is 5.67. The zero-order valence-corrected chi connectivity index (χ0v) is 9.87. The van der Waals surface area contributed by atoms with Crippen LogP contribution in [0.3, 0.4) is 0 Å². The van der Waals surface area contributed by atoms with Crippen LogP contribution in [-0.4, -0.2) is 24.7 Å². The third-order valence-corrected chi connectivity index (χ3v) is 2.76. The smallest absolute Gasteiger partial charge is 0.348 e. The van der Waals surface area contributed by atoms with Gasteiger partial charge < -0.3 is 10.4 Å². The second-order valence-electron chi connectivity index (χ2n) is 4.01. The predicted molar refractivity (Wildman–Crippen MR) is 69.0 cm³/mol. The number of hydrogen-bond acceptors (Lipinski definition) is 5. The number of H-pyrrole nitrogens is 1. The number of aromatic hydroxyl groups is 1. The molecule has 1 aromatic carbocycles. The van der Waals surface area contributed by atoms with E-state index in [4.69, 9.17) is 0 Å². The van der Waals surface area contributed by atoms with Crippen LogP contribution >= 0.6 is 0 Å². The van der Waals surface area contributed by atoms with Gasteiger partial charge in [-0.2, -0.15) is 5.10 Å². The minimum absolute atomic E-state index is 0.229. The van der Waals surface area contributed by atoms with Crippen LogP contribution in [0.4, 0.5) is 5.82 Å². The van der Waals surface area contributed by atoms with Crippen molar-refractivity contribution in [2.45, 2.75) is 6.54 Å². The lowest BCUT2D eigenvalue weighted by atomic mass is 10.2. The molecule has 3 N–H and O–H groups in total. The molecule has 0 radical (unpaired) electrons. The van der Waals surface area contributed by atoms with Crippen LogP contribution in [0.15, 0.2) is 41.5 Å². The number of benzene rings is 1. The maximum absolute atomic E-state index is 11.3. The highest BCUT2D eigenvalue weighted by molar-refractivity contribution is 5.49. The van der Waals surface area contributed by atoms with E-state index in [1.807, 2.05) is 12.1 Å². The highest BCUT2D eigenvalue weighted by Gasteiger charge is 2.03. The summed E-state index contributed by atoms with van der Waals surface area (Å²) < 4.78 is 1.31. The number of phenols is 1. The standard InChI is InChI=1S/C12H11N5O2/c18-9-4-2-1-3-8(9)6-13-10-5-11-15-16-12(19)17(11)7-14-10/h1-5,7,13,18H,6H2,(H,16,19). The molecule has 7 nitrogen and oxygen atoms in total. The zero-order valence-electron chi connectivity index (χ0n) is 9.87. The molecule has 0 saturated heterocycles. The summed E-state index contributed by atoms with van der Waals surface area (Å²) in [4.78, 5) is 15.4. The van der Waals surface area contributed by atoms with Crippen LogP contribution < -0.4 is 11.0 Å². The summed E-state index contributed by atoms with van der Waals surface area (Å²) in [6.07, 6.45) is 1.40. The minimum atomic E-state index is -0.324. The zero-order chi connectivity index (χ0) is 13.2. The molecule has 2 aromatic heterocycles. The summed E-state index contributed by atoms with van der Waals surface area (Å²) in [7, 11) is 0. The molecule has 0 saturated carbocycles. The Morgan fingerprint density at radius 1 is 1.37 bits per heavy atom. The fourth-order valence-electron chi connectivity index (χ4n) is 1.75. The Hall–Kier alpha value is -2.83. The van der Waals surface area contributed by atoms with Gasteiger partial charge in [-0.15, -0.1) is 0 Å². The molecule has 0 amide bonds. The normalized spacial score (nSPS) is 10.7. The molecule has 2 heterocycles. The lowest BCUT2D eigenvalue weighted by Crippen LogP contribution is -2.10. The molecule has 7 heteroatoms. The van der Waals surface area contributed by atoms with E-state index in [1.165, 1.54) is 10.7 Å². The van der Waals surface area contributed by atoms with E-state index in [9.17, 15) is 9.90 Å². The third-order valence-electron chi connectivity index (χ3n) is 2.76. The Balaban J connectivity index is 1.82. The van der Waals surface area contributed by atoms with E-state index < -0.39 is 0 Å². The average molecular weight is 257 g/mol. The summed E-state index contributed by atoms with van der Waals surface area (Å²) in [6, 6.07) is 8.71. The molecule has 0 bridgehead atoms.